The highest BCUT2D eigenvalue weighted by molar-refractivity contribution is 7.93. The standard InChI is InChI=1S/C40H36F2N4O5S2.C18H16F2N4O3S2.C3H4Cl2O.C2H6/c1-26-16-30(31-22-45(23-31)39(27-10-6-4-7-11-27)28-12-8-5-9-13-28)18-33(17-26)51-37-20-35(42)38(21-34(37)41)53(47,48)46(40-43-25-44-52-40)24-29-14-15-32(49-2)19-36(29)50-3;1-10-2-11(12-7-21-8-12)4-13(3-10)27-16-5-15(20)17(6-14(16)19)29(25,26)24-18-22-9-23-28-18;1-2(4)3(5)6;1-2/h4-21,25,31,39H,22-24H2,1-3H3;2-6,9,12,21H,7-8H2,1H3,(H,22,23,24);2H,1H3;1-2H3/i;;;1D. The van der Waals surface area contributed by atoms with Crippen LogP contribution in [-0.4, -0.2) is 91.5 Å². The number of carbonyl (C=O) groups is 1. The minimum Gasteiger partial charge on any atom is -0.497 e. The summed E-state index contributed by atoms with van der Waals surface area (Å²) in [6.07, 6.45) is 2.33. The molecule has 4 heterocycles. The van der Waals surface area contributed by atoms with Crippen LogP contribution in [-0.2, 0) is 31.4 Å². The molecule has 474 valence electrons. The number of nitrogens with zero attached hydrogens (tertiary/aromatic N) is 6. The van der Waals surface area contributed by atoms with Gasteiger partial charge in [0.05, 0.1) is 26.8 Å². The second kappa shape index (κ2) is 30.8. The molecule has 0 saturated carbocycles. The number of hydrogen-bond donors (Lipinski definition) is 2. The molecule has 1 atom stereocenters. The van der Waals surface area contributed by atoms with E-state index in [2.05, 4.69) is 64.0 Å². The third-order valence-corrected chi connectivity index (χ3v) is 19.2. The van der Waals surface area contributed by atoms with Crippen LogP contribution in [0, 0.1) is 37.1 Å². The number of aryl methyl sites for hydroxylation is 2. The van der Waals surface area contributed by atoms with Crippen LogP contribution in [0.1, 0.15) is 78.9 Å². The molecule has 1 unspecified atom stereocenters. The summed E-state index contributed by atoms with van der Waals surface area (Å²) in [5, 5.41) is 2.04. The van der Waals surface area contributed by atoms with Crippen molar-refractivity contribution in [2.45, 2.75) is 74.2 Å². The van der Waals surface area contributed by atoms with Gasteiger partial charge in [-0.1, -0.05) is 86.6 Å². The van der Waals surface area contributed by atoms with E-state index in [1.54, 1.807) is 43.3 Å². The van der Waals surface area contributed by atoms with Gasteiger partial charge in [-0.3, -0.25) is 14.4 Å². The molecule has 2 aliphatic rings. The Morgan fingerprint density at radius 1 is 0.700 bits per heavy atom. The summed E-state index contributed by atoms with van der Waals surface area (Å²) < 4.78 is 152. The second-order valence-electron chi connectivity index (χ2n) is 20.2. The number of halogens is 6. The van der Waals surface area contributed by atoms with Crippen molar-refractivity contribution in [1.29, 1.82) is 0 Å². The first-order valence-corrected chi connectivity index (χ1v) is 32.8. The monoisotopic (exact) mass is 1350 g/mol. The van der Waals surface area contributed by atoms with E-state index in [-0.39, 0.29) is 28.8 Å². The number of ether oxygens (including phenoxy) is 4. The molecule has 0 amide bonds. The lowest BCUT2D eigenvalue weighted by Crippen LogP contribution is -2.47. The number of rotatable bonds is 20. The molecule has 2 N–H and O–H groups in total. The van der Waals surface area contributed by atoms with Crippen molar-refractivity contribution in [3.63, 3.8) is 0 Å². The Morgan fingerprint density at radius 2 is 1.22 bits per heavy atom. The molecule has 0 spiro atoms. The van der Waals surface area contributed by atoms with Gasteiger partial charge in [-0.15, -0.1) is 11.6 Å². The molecule has 2 fully saturated rings. The molecule has 7 aromatic carbocycles. The fourth-order valence-electron chi connectivity index (χ4n) is 9.50. The van der Waals surface area contributed by atoms with E-state index in [1.807, 2.05) is 62.4 Å². The Balaban J connectivity index is 0.000000234. The third-order valence-electron chi connectivity index (χ3n) is 13.9. The van der Waals surface area contributed by atoms with E-state index in [1.165, 1.54) is 38.6 Å². The summed E-state index contributed by atoms with van der Waals surface area (Å²) in [7, 11) is -6.14. The van der Waals surface area contributed by atoms with Crippen molar-refractivity contribution >= 4 is 81.8 Å². The van der Waals surface area contributed by atoms with Gasteiger partial charge in [0.15, 0.2) is 23.1 Å². The maximum absolute atomic E-state index is 15.8. The van der Waals surface area contributed by atoms with Crippen molar-refractivity contribution < 1.29 is 59.5 Å². The van der Waals surface area contributed by atoms with E-state index in [0.29, 0.717) is 53.5 Å². The average Bonchev–Trinajstić information content (AvgIpc) is 1.50. The minimum absolute atomic E-state index is 0.0382. The average molecular weight is 1350 g/mol. The Bertz CT molecular complexity index is 4110. The van der Waals surface area contributed by atoms with Crippen LogP contribution in [0.2, 0.25) is 0 Å². The van der Waals surface area contributed by atoms with Crippen LogP contribution < -0.4 is 33.3 Å². The molecule has 17 nitrogen and oxygen atoms in total. The number of nitrogens with one attached hydrogen (secondary N) is 2. The third kappa shape index (κ3) is 17.0. The van der Waals surface area contributed by atoms with E-state index in [4.69, 9.17) is 43.5 Å². The smallest absolute Gasteiger partial charge is 0.269 e. The van der Waals surface area contributed by atoms with Crippen molar-refractivity contribution in [3.8, 4) is 34.5 Å². The van der Waals surface area contributed by atoms with Gasteiger partial charge >= 0.3 is 0 Å². The van der Waals surface area contributed by atoms with E-state index in [0.717, 1.165) is 94.3 Å². The van der Waals surface area contributed by atoms with Crippen molar-refractivity contribution in [1.82, 2.24) is 28.9 Å². The number of aromatic nitrogens is 4. The first-order chi connectivity index (χ1) is 43.5. The summed E-state index contributed by atoms with van der Waals surface area (Å²) >= 11 is 11.5. The maximum atomic E-state index is 15.8. The quantitative estimate of drug-likeness (QED) is 0.0414. The summed E-state index contributed by atoms with van der Waals surface area (Å²) in [4.78, 5) is 18.2. The number of anilines is 2. The lowest BCUT2D eigenvalue weighted by Gasteiger charge is -2.45. The number of hydrogen-bond acceptors (Lipinski definition) is 17. The van der Waals surface area contributed by atoms with Gasteiger partial charge in [0.2, 0.25) is 15.5 Å². The maximum Gasteiger partial charge on any atom is 0.269 e. The fraction of sp³-hybridized carbons (Fsp3) is 0.254. The highest BCUT2D eigenvalue weighted by atomic mass is 35.5. The van der Waals surface area contributed by atoms with Gasteiger partial charge in [0, 0.05) is 98.3 Å². The first-order valence-electron chi connectivity index (χ1n) is 28.3. The van der Waals surface area contributed by atoms with Crippen molar-refractivity contribution in [3.05, 3.63) is 214 Å². The van der Waals surface area contributed by atoms with Crippen LogP contribution in [0.5, 0.6) is 34.5 Å². The Morgan fingerprint density at radius 3 is 1.70 bits per heavy atom. The largest absolute Gasteiger partial charge is 0.497 e. The molecule has 27 heteroatoms. The zero-order valence-electron chi connectivity index (χ0n) is 50.2. The predicted molar refractivity (Wildman–Crippen MR) is 341 cm³/mol. The SMILES string of the molecule is CC(Cl)C(=O)Cl.COc1ccc(CN(c2ncns2)S(=O)(=O)c2cc(F)c(Oc3cc(C)cc(C4CN(C(c5ccccc5)c5ccccc5)C4)c3)cc2F)c(OC)c1.Cc1cc(Oc2cc(F)c(S(=O)(=O)Nc3ncns3)cc2F)cc(C2CNC2)c1.[2H]CC. The molecule has 11 rings (SSSR count). The lowest BCUT2D eigenvalue weighted by atomic mass is 9.86. The Hall–Kier alpha value is -7.75. The Kier molecular flexibility index (Phi) is 22.8. The highest BCUT2D eigenvalue weighted by Gasteiger charge is 2.36. The van der Waals surface area contributed by atoms with E-state index < -0.39 is 75.2 Å². The molecule has 0 aliphatic carbocycles. The summed E-state index contributed by atoms with van der Waals surface area (Å²) in [6.45, 7) is 10.6. The number of benzene rings is 7. The minimum atomic E-state index is -4.70. The van der Waals surface area contributed by atoms with Gasteiger partial charge in [-0.05, 0) is 102 Å². The normalized spacial score (nSPS) is 13.7. The number of likely N-dealkylation sites (tertiary alicyclic amines) is 1. The summed E-state index contributed by atoms with van der Waals surface area (Å²) in [5.41, 5.74) is 6.72. The molecular formula is C63H62Cl2F4N8O9S4. The molecule has 0 radical (unpaired) electrons. The van der Waals surface area contributed by atoms with Gasteiger partial charge < -0.3 is 24.3 Å². The molecule has 90 heavy (non-hydrogen) atoms. The first kappa shape index (κ1) is 66.7. The van der Waals surface area contributed by atoms with Crippen LogP contribution in [0.4, 0.5) is 27.8 Å². The highest BCUT2D eigenvalue weighted by Crippen LogP contribution is 2.41. The van der Waals surface area contributed by atoms with Crippen molar-refractivity contribution in [2.24, 2.45) is 0 Å². The lowest BCUT2D eigenvalue weighted by molar-refractivity contribution is -0.111. The molecule has 0 bridgehead atoms. The fourth-order valence-corrected chi connectivity index (χ4v) is 13.4. The van der Waals surface area contributed by atoms with Gasteiger partial charge in [0.25, 0.3) is 20.0 Å². The van der Waals surface area contributed by atoms with E-state index >= 15 is 8.78 Å². The number of carbonyl (C=O) groups excluding carboxylic acids is 1. The zero-order chi connectivity index (χ0) is 65.6. The number of alkyl halides is 1. The van der Waals surface area contributed by atoms with Crippen LogP contribution in [0.3, 0.4) is 0 Å². The topological polar surface area (TPSA) is 204 Å². The molecule has 9 aromatic rings. The van der Waals surface area contributed by atoms with Crippen LogP contribution in [0.15, 0.2) is 162 Å². The van der Waals surface area contributed by atoms with Gasteiger partial charge in [0.1, 0.15) is 62.5 Å². The van der Waals surface area contributed by atoms with Gasteiger partial charge in [-0.2, -0.15) is 8.75 Å². The van der Waals surface area contributed by atoms with Gasteiger partial charge in [-0.25, -0.2) is 48.7 Å². The summed E-state index contributed by atoms with van der Waals surface area (Å²) in [6, 6.07) is 39.5. The second-order valence-corrected chi connectivity index (χ2v) is 26.3. The number of sulfonamides is 2. The van der Waals surface area contributed by atoms with Crippen molar-refractivity contribution in [2.75, 3.05) is 49.4 Å². The Labute approximate surface area is 539 Å². The van der Waals surface area contributed by atoms with Crippen LogP contribution >= 0.6 is 46.3 Å². The molecule has 2 aromatic heterocycles. The molecular weight excluding hydrogens is 1290 g/mol. The summed E-state index contributed by atoms with van der Waals surface area (Å²) in [5.74, 6) is -3.19. The predicted octanol–water partition coefficient (Wildman–Crippen LogP) is 14.3. The van der Waals surface area contributed by atoms with E-state index in [9.17, 15) is 30.4 Å². The molecule has 2 aliphatic heterocycles. The molecule has 2 saturated heterocycles. The zero-order valence-corrected chi connectivity index (χ0v) is 54.0. The van der Waals surface area contributed by atoms with Crippen LogP contribution in [0.25, 0.3) is 0 Å². The number of methoxy groups -OCH3 is 2.